The third kappa shape index (κ3) is 4.05. The highest BCUT2D eigenvalue weighted by Crippen LogP contribution is 2.28. The number of carbonyl (C=O) groups is 2. The summed E-state index contributed by atoms with van der Waals surface area (Å²) in [4.78, 5) is 34.3. The largest absolute Gasteiger partial charge is 0.461 e. The van der Waals surface area contributed by atoms with Crippen molar-refractivity contribution in [3.8, 4) is 0 Å². The summed E-state index contributed by atoms with van der Waals surface area (Å²) in [5.41, 5.74) is 1.18. The van der Waals surface area contributed by atoms with Crippen molar-refractivity contribution in [3.63, 3.8) is 0 Å². The molecule has 0 spiro atoms. The molecule has 0 aliphatic carbocycles. The van der Waals surface area contributed by atoms with Gasteiger partial charge in [0.15, 0.2) is 0 Å². The number of hydrogen-bond acceptors (Lipinski definition) is 6. The molecule has 1 heterocycles. The van der Waals surface area contributed by atoms with Crippen LogP contribution in [-0.4, -0.2) is 35.5 Å². The predicted octanol–water partition coefficient (Wildman–Crippen LogP) is 2.13. The molecule has 2 rings (SSSR count). The number of thioether (sulfide) groups is 1. The average Bonchev–Trinajstić information content (AvgIpc) is 2.54. The molecule has 0 bridgehead atoms. The molecule has 0 saturated heterocycles. The molecule has 128 valence electrons. The number of carbonyl (C=O) groups excluding carboxylic acids is 2. The predicted molar refractivity (Wildman–Crippen MR) is 89.5 cm³/mol. The Kier molecular flexibility index (Phi) is 5.80. The molecule has 0 aromatic heterocycles. The lowest BCUT2D eigenvalue weighted by molar-refractivity contribution is -0.384. The highest BCUT2D eigenvalue weighted by atomic mass is 32.2. The van der Waals surface area contributed by atoms with E-state index in [1.54, 1.807) is 18.7 Å². The molecular weight excluding hydrogens is 334 g/mol. The highest BCUT2D eigenvalue weighted by molar-refractivity contribution is 7.98. The molecule has 0 fully saturated rings. The monoisotopic (exact) mass is 351 g/mol. The number of ether oxygens (including phenoxy) is 1. The van der Waals surface area contributed by atoms with E-state index in [0.717, 1.165) is 0 Å². The van der Waals surface area contributed by atoms with Gasteiger partial charge in [-0.25, -0.2) is 9.59 Å². The van der Waals surface area contributed by atoms with Crippen molar-refractivity contribution in [1.29, 1.82) is 0 Å². The van der Waals surface area contributed by atoms with Gasteiger partial charge in [-0.3, -0.25) is 10.1 Å². The first-order valence-corrected chi connectivity index (χ1v) is 8.52. The van der Waals surface area contributed by atoms with Crippen LogP contribution in [0.5, 0.6) is 0 Å². The second-order valence-electron chi connectivity index (χ2n) is 5.05. The number of esters is 1. The number of urea groups is 1. The first-order chi connectivity index (χ1) is 11.4. The molecule has 8 nitrogen and oxygen atoms in total. The number of non-ortho nitro benzene ring substituents is 1. The molecule has 0 radical (unpaired) electrons. The van der Waals surface area contributed by atoms with Crippen molar-refractivity contribution >= 4 is 29.4 Å². The lowest BCUT2D eigenvalue weighted by Gasteiger charge is -2.28. The number of allylic oxidation sites excluding steroid dienone is 1. The minimum Gasteiger partial charge on any atom is -0.461 e. The van der Waals surface area contributed by atoms with Crippen LogP contribution in [0, 0.1) is 10.1 Å². The standard InChI is InChI=1S/C15H17N3O5S/c1-9-12(14(19)23-7-8-24-2)13(17-15(20)16-9)10-3-5-11(6-4-10)18(21)22/h3-6,13H,7-8H2,1-2H3,(H2,16,17,20)/t13-/m0/s1. The molecule has 1 aliphatic heterocycles. The Morgan fingerprint density at radius 1 is 1.38 bits per heavy atom. The van der Waals surface area contributed by atoms with Gasteiger partial charge in [0.25, 0.3) is 5.69 Å². The molecular formula is C15H17N3O5S. The van der Waals surface area contributed by atoms with Gasteiger partial charge in [0.1, 0.15) is 6.61 Å². The molecule has 0 unspecified atom stereocenters. The number of benzene rings is 1. The van der Waals surface area contributed by atoms with E-state index in [1.165, 1.54) is 24.3 Å². The van der Waals surface area contributed by atoms with Gasteiger partial charge in [0.05, 0.1) is 16.5 Å². The summed E-state index contributed by atoms with van der Waals surface area (Å²) >= 11 is 1.55. The van der Waals surface area contributed by atoms with Crippen LogP contribution in [-0.2, 0) is 9.53 Å². The van der Waals surface area contributed by atoms with Crippen LogP contribution in [0.2, 0.25) is 0 Å². The van der Waals surface area contributed by atoms with Crippen LogP contribution in [0.4, 0.5) is 10.5 Å². The van der Waals surface area contributed by atoms with Crippen LogP contribution in [0.3, 0.4) is 0 Å². The average molecular weight is 351 g/mol. The third-order valence-corrected chi connectivity index (χ3v) is 4.02. The maximum Gasteiger partial charge on any atom is 0.338 e. The van der Waals surface area contributed by atoms with Crippen molar-refractivity contribution in [2.45, 2.75) is 13.0 Å². The van der Waals surface area contributed by atoms with E-state index in [2.05, 4.69) is 10.6 Å². The van der Waals surface area contributed by atoms with E-state index in [-0.39, 0.29) is 17.9 Å². The normalized spacial score (nSPS) is 17.1. The molecule has 1 atom stereocenters. The van der Waals surface area contributed by atoms with Crippen LogP contribution < -0.4 is 10.6 Å². The molecule has 2 amide bonds. The summed E-state index contributed by atoms with van der Waals surface area (Å²) in [5.74, 6) is 0.137. The second kappa shape index (κ2) is 7.82. The van der Waals surface area contributed by atoms with Crippen LogP contribution in [0.25, 0.3) is 0 Å². The van der Waals surface area contributed by atoms with E-state index in [9.17, 15) is 19.7 Å². The van der Waals surface area contributed by atoms with Crippen molar-refractivity contribution < 1.29 is 19.2 Å². The lowest BCUT2D eigenvalue weighted by Crippen LogP contribution is -2.45. The number of nitrogens with zero attached hydrogens (tertiary/aromatic N) is 1. The summed E-state index contributed by atoms with van der Waals surface area (Å²) in [5, 5.41) is 15.9. The fraction of sp³-hybridized carbons (Fsp3) is 0.333. The first kappa shape index (κ1) is 17.8. The van der Waals surface area contributed by atoms with Crippen LogP contribution in [0.15, 0.2) is 35.5 Å². The molecule has 1 aromatic rings. The van der Waals surface area contributed by atoms with Crippen molar-refractivity contribution in [2.24, 2.45) is 0 Å². The quantitative estimate of drug-likeness (QED) is 0.351. The first-order valence-electron chi connectivity index (χ1n) is 7.12. The maximum absolute atomic E-state index is 12.4. The van der Waals surface area contributed by atoms with E-state index < -0.39 is 23.0 Å². The van der Waals surface area contributed by atoms with Gasteiger partial charge in [0.2, 0.25) is 0 Å². The Bertz CT molecular complexity index is 687. The number of nitro groups is 1. The Morgan fingerprint density at radius 3 is 2.62 bits per heavy atom. The lowest BCUT2D eigenvalue weighted by atomic mass is 9.95. The molecule has 9 heteroatoms. The smallest absolute Gasteiger partial charge is 0.338 e. The van der Waals surface area contributed by atoms with Gasteiger partial charge in [-0.2, -0.15) is 11.8 Å². The van der Waals surface area contributed by atoms with Gasteiger partial charge in [-0.1, -0.05) is 0 Å². The fourth-order valence-corrected chi connectivity index (χ4v) is 2.55. The maximum atomic E-state index is 12.4. The Morgan fingerprint density at radius 2 is 2.04 bits per heavy atom. The van der Waals surface area contributed by atoms with Crippen molar-refractivity contribution in [2.75, 3.05) is 18.6 Å². The van der Waals surface area contributed by atoms with E-state index >= 15 is 0 Å². The summed E-state index contributed by atoms with van der Waals surface area (Å²) in [6.45, 7) is 1.88. The third-order valence-electron chi connectivity index (χ3n) is 3.45. The van der Waals surface area contributed by atoms with Gasteiger partial charge in [-0.15, -0.1) is 0 Å². The SMILES string of the molecule is CSCCOC(=O)C1=C(C)NC(=O)N[C@H]1c1ccc([N+](=O)[O-])cc1. The molecule has 1 aromatic carbocycles. The summed E-state index contributed by atoms with van der Waals surface area (Å²) in [6, 6.07) is 4.51. The van der Waals surface area contributed by atoms with Crippen molar-refractivity contribution in [3.05, 3.63) is 51.2 Å². The minimum absolute atomic E-state index is 0.0659. The summed E-state index contributed by atoms with van der Waals surface area (Å²) in [7, 11) is 0. The zero-order valence-corrected chi connectivity index (χ0v) is 14.0. The number of hydrogen-bond donors (Lipinski definition) is 2. The van der Waals surface area contributed by atoms with E-state index in [0.29, 0.717) is 17.0 Å². The Hall–Kier alpha value is -2.55. The molecule has 1 aliphatic rings. The van der Waals surface area contributed by atoms with Gasteiger partial charge < -0.3 is 15.4 Å². The molecule has 0 saturated carbocycles. The molecule has 24 heavy (non-hydrogen) atoms. The van der Waals surface area contributed by atoms with Crippen LogP contribution >= 0.6 is 11.8 Å². The summed E-state index contributed by atoms with van der Waals surface area (Å²) < 4.78 is 5.22. The number of nitrogens with one attached hydrogen (secondary N) is 2. The topological polar surface area (TPSA) is 111 Å². The number of amides is 2. The fourth-order valence-electron chi connectivity index (χ4n) is 2.30. The second-order valence-corrected chi connectivity index (χ2v) is 6.03. The van der Waals surface area contributed by atoms with Gasteiger partial charge in [-0.05, 0) is 30.9 Å². The Balaban J connectivity index is 2.30. The van der Waals surface area contributed by atoms with E-state index in [1.807, 2.05) is 6.26 Å². The summed E-state index contributed by atoms with van der Waals surface area (Å²) in [6.07, 6.45) is 1.90. The zero-order valence-electron chi connectivity index (χ0n) is 13.2. The van der Waals surface area contributed by atoms with Gasteiger partial charge in [0, 0.05) is 23.6 Å². The number of nitro benzene ring substituents is 1. The highest BCUT2D eigenvalue weighted by Gasteiger charge is 2.32. The van der Waals surface area contributed by atoms with Gasteiger partial charge >= 0.3 is 12.0 Å². The van der Waals surface area contributed by atoms with Crippen molar-refractivity contribution in [1.82, 2.24) is 10.6 Å². The van der Waals surface area contributed by atoms with E-state index in [4.69, 9.17) is 4.74 Å². The van der Waals surface area contributed by atoms with Crippen LogP contribution in [0.1, 0.15) is 18.5 Å². The molecule has 2 N–H and O–H groups in total. The zero-order chi connectivity index (χ0) is 17.7. The minimum atomic E-state index is -0.721. The number of rotatable bonds is 6. The Labute approximate surface area is 142 Å².